The maximum Gasteiger partial charge on any atom is 0.460 e. The molecule has 43 heavy (non-hydrogen) atoms. The topological polar surface area (TPSA) is 136 Å². The van der Waals surface area contributed by atoms with Gasteiger partial charge < -0.3 is 10.6 Å². The molecule has 0 radical (unpaired) electrons. The summed E-state index contributed by atoms with van der Waals surface area (Å²) in [7, 11) is -3.48. The molecular formula is C24H22F7IN6O4S. The number of aryl methyl sites for hydroxylation is 1. The molecule has 10 nitrogen and oxygen atoms in total. The fraction of sp³-hybridized carbons (Fsp3) is 0.375. The molecule has 2 N–H and O–H groups in total. The summed E-state index contributed by atoms with van der Waals surface area (Å²) in [5.74, 6) is -16.3. The van der Waals surface area contributed by atoms with Crippen molar-refractivity contribution in [3.05, 3.63) is 62.5 Å². The van der Waals surface area contributed by atoms with E-state index in [1.54, 1.807) is 0 Å². The van der Waals surface area contributed by atoms with Crippen molar-refractivity contribution in [2.75, 3.05) is 17.3 Å². The number of anilines is 1. The number of carbonyl (C=O) groups excluding carboxylic acids is 2. The second-order valence-corrected chi connectivity index (χ2v) is 13.4. The second-order valence-electron chi connectivity index (χ2n) is 10.1. The first-order valence-corrected chi connectivity index (χ1v) is 14.9. The van der Waals surface area contributed by atoms with E-state index >= 15 is 0 Å². The number of hydrogen-bond acceptors (Lipinski definition) is 7. The molecule has 19 heteroatoms. The van der Waals surface area contributed by atoms with Gasteiger partial charge in [-0.25, -0.2) is 8.42 Å². The van der Waals surface area contributed by atoms with E-state index in [0.29, 0.717) is 3.57 Å². The zero-order valence-electron chi connectivity index (χ0n) is 22.5. The SMILES string of the molecule is Cc1cc(-n2nnnc2C(F)(F)C(F)(F)C(F)(F)F)ccc1NC(=O)c1cccc(I)c1C(=O)NC(C)(C)CS(C)(=O)=O. The standard InChI is InChI=1S/C24H22F7IN6O4S/c1-12-10-13(38-20(35-36-37-38)22(25,26)23(27,28)24(29,30)31)8-9-16(12)33-18(39)14-6-5-7-15(32)17(14)19(40)34-21(2,3)11-43(4,41)42/h5-10H,11H2,1-4H3,(H,33,39)(H,34,40). The van der Waals surface area contributed by atoms with E-state index in [2.05, 4.69) is 26.2 Å². The van der Waals surface area contributed by atoms with Crippen LogP contribution in [0, 0.1) is 10.5 Å². The second kappa shape index (κ2) is 11.6. The smallest absolute Gasteiger partial charge is 0.346 e. The first kappa shape index (κ1) is 34.1. The molecule has 0 atom stereocenters. The van der Waals surface area contributed by atoms with Gasteiger partial charge in [-0.05, 0) is 89.7 Å². The van der Waals surface area contributed by atoms with Crippen LogP contribution in [0.25, 0.3) is 5.69 Å². The summed E-state index contributed by atoms with van der Waals surface area (Å²) in [6.45, 7) is 4.34. The molecule has 0 fully saturated rings. The van der Waals surface area contributed by atoms with E-state index in [1.807, 2.05) is 22.6 Å². The molecule has 0 saturated carbocycles. The van der Waals surface area contributed by atoms with E-state index in [1.165, 1.54) is 39.0 Å². The fourth-order valence-electron chi connectivity index (χ4n) is 3.99. The summed E-state index contributed by atoms with van der Waals surface area (Å²) in [5.41, 5.74) is -1.61. The lowest BCUT2D eigenvalue weighted by molar-refractivity contribution is -0.361. The van der Waals surface area contributed by atoms with Gasteiger partial charge in [0.25, 0.3) is 11.8 Å². The maximum absolute atomic E-state index is 14.3. The molecule has 0 spiro atoms. The van der Waals surface area contributed by atoms with Crippen molar-refractivity contribution < 1.29 is 48.7 Å². The monoisotopic (exact) mass is 750 g/mol. The van der Waals surface area contributed by atoms with Crippen LogP contribution in [-0.2, 0) is 15.8 Å². The lowest BCUT2D eigenvalue weighted by Crippen LogP contribution is -2.51. The summed E-state index contributed by atoms with van der Waals surface area (Å²) < 4.78 is 118. The molecule has 3 rings (SSSR count). The Labute approximate surface area is 253 Å². The van der Waals surface area contributed by atoms with Crippen LogP contribution in [0.15, 0.2) is 36.4 Å². The van der Waals surface area contributed by atoms with Gasteiger partial charge in [-0.3, -0.25) is 9.59 Å². The van der Waals surface area contributed by atoms with Crippen LogP contribution in [0.2, 0.25) is 0 Å². The number of nitrogens with zero attached hydrogens (tertiary/aromatic N) is 4. The average molecular weight is 750 g/mol. The summed E-state index contributed by atoms with van der Waals surface area (Å²) in [6.07, 6.45) is -5.60. The Balaban J connectivity index is 1.92. The number of hydrogen-bond donors (Lipinski definition) is 2. The quantitative estimate of drug-likeness (QED) is 0.240. The number of halogens is 8. The van der Waals surface area contributed by atoms with Crippen molar-refractivity contribution in [2.24, 2.45) is 0 Å². The maximum atomic E-state index is 14.3. The fourth-order valence-corrected chi connectivity index (χ4v) is 6.12. The highest BCUT2D eigenvalue weighted by Crippen LogP contribution is 2.51. The van der Waals surface area contributed by atoms with Crippen molar-refractivity contribution in [3.63, 3.8) is 0 Å². The third-order valence-electron chi connectivity index (χ3n) is 5.76. The van der Waals surface area contributed by atoms with Crippen molar-refractivity contribution in [1.82, 2.24) is 25.5 Å². The number of alkyl halides is 7. The molecule has 0 aliphatic rings. The van der Waals surface area contributed by atoms with Gasteiger partial charge in [0.1, 0.15) is 9.84 Å². The summed E-state index contributed by atoms with van der Waals surface area (Å²) in [5, 5.41) is 13.7. The van der Waals surface area contributed by atoms with Crippen molar-refractivity contribution >= 4 is 49.9 Å². The Kier molecular flexibility index (Phi) is 9.22. The molecule has 234 valence electrons. The van der Waals surface area contributed by atoms with Gasteiger partial charge in [-0.1, -0.05) is 6.07 Å². The van der Waals surface area contributed by atoms with Crippen molar-refractivity contribution in [2.45, 2.75) is 44.3 Å². The van der Waals surface area contributed by atoms with Gasteiger partial charge in [0.15, 0.2) is 0 Å². The Morgan fingerprint density at radius 1 is 1.00 bits per heavy atom. The minimum absolute atomic E-state index is 0.0124. The highest BCUT2D eigenvalue weighted by Gasteiger charge is 2.75. The molecule has 1 aromatic heterocycles. The highest BCUT2D eigenvalue weighted by molar-refractivity contribution is 14.1. The number of tetrazole rings is 1. The minimum atomic E-state index is -6.61. The lowest BCUT2D eigenvalue weighted by atomic mass is 10.0. The number of nitrogens with one attached hydrogen (secondary N) is 2. The summed E-state index contributed by atoms with van der Waals surface area (Å²) >= 11 is 1.82. The Hall–Kier alpha value is -3.36. The molecule has 0 aliphatic heterocycles. The number of rotatable bonds is 9. The first-order valence-electron chi connectivity index (χ1n) is 11.8. The number of sulfone groups is 1. The van der Waals surface area contributed by atoms with Gasteiger partial charge in [0, 0.05) is 21.1 Å². The van der Waals surface area contributed by atoms with Crippen LogP contribution in [-0.4, -0.2) is 70.1 Å². The zero-order chi connectivity index (χ0) is 32.8. The van der Waals surface area contributed by atoms with Crippen LogP contribution in [0.5, 0.6) is 0 Å². The first-order chi connectivity index (χ1) is 19.5. The third kappa shape index (κ3) is 7.24. The predicted octanol–water partition coefficient (Wildman–Crippen LogP) is 4.67. The van der Waals surface area contributed by atoms with Gasteiger partial charge >= 0.3 is 18.0 Å². The molecule has 3 aromatic rings. The van der Waals surface area contributed by atoms with E-state index in [-0.39, 0.29) is 32.8 Å². The van der Waals surface area contributed by atoms with E-state index in [9.17, 15) is 48.7 Å². The number of carbonyl (C=O) groups is 2. The average Bonchev–Trinajstić information content (AvgIpc) is 3.33. The zero-order valence-corrected chi connectivity index (χ0v) is 25.5. The van der Waals surface area contributed by atoms with Gasteiger partial charge in [0.05, 0.1) is 22.6 Å². The highest BCUT2D eigenvalue weighted by atomic mass is 127. The molecule has 1 heterocycles. The lowest BCUT2D eigenvalue weighted by Gasteiger charge is -2.27. The molecule has 0 bridgehead atoms. The molecule has 2 amide bonds. The Morgan fingerprint density at radius 3 is 2.19 bits per heavy atom. The summed E-state index contributed by atoms with van der Waals surface area (Å²) in [4.78, 5) is 26.4. The molecule has 2 aromatic carbocycles. The van der Waals surface area contributed by atoms with E-state index in [0.717, 1.165) is 24.5 Å². The summed E-state index contributed by atoms with van der Waals surface area (Å²) in [6, 6.07) is 7.53. The Morgan fingerprint density at radius 2 is 1.63 bits per heavy atom. The molecule has 0 unspecified atom stereocenters. The normalized spacial score (nSPS) is 13.1. The van der Waals surface area contributed by atoms with E-state index < -0.39 is 56.7 Å². The molecule has 0 saturated heterocycles. The van der Waals surface area contributed by atoms with Crippen molar-refractivity contribution in [3.8, 4) is 5.69 Å². The van der Waals surface area contributed by atoms with Crippen LogP contribution in [0.1, 0.15) is 46.0 Å². The predicted molar refractivity (Wildman–Crippen MR) is 147 cm³/mol. The number of amides is 2. The number of aromatic nitrogens is 4. The van der Waals surface area contributed by atoms with Crippen molar-refractivity contribution in [1.29, 1.82) is 0 Å². The van der Waals surface area contributed by atoms with Gasteiger partial charge in [0.2, 0.25) is 5.82 Å². The van der Waals surface area contributed by atoms with Gasteiger partial charge in [-0.2, -0.15) is 35.4 Å². The van der Waals surface area contributed by atoms with E-state index in [4.69, 9.17) is 0 Å². The minimum Gasteiger partial charge on any atom is -0.346 e. The molecule has 0 aliphatic carbocycles. The molecular weight excluding hydrogens is 728 g/mol. The van der Waals surface area contributed by atoms with Crippen LogP contribution < -0.4 is 10.6 Å². The Bertz CT molecular complexity index is 1680. The van der Waals surface area contributed by atoms with Crippen LogP contribution in [0.3, 0.4) is 0 Å². The third-order valence-corrected chi connectivity index (χ3v) is 7.91. The number of benzene rings is 2. The van der Waals surface area contributed by atoms with Gasteiger partial charge in [-0.15, -0.1) is 5.10 Å². The largest absolute Gasteiger partial charge is 0.460 e. The van der Waals surface area contributed by atoms with Crippen LogP contribution >= 0.6 is 22.6 Å². The van der Waals surface area contributed by atoms with Crippen LogP contribution in [0.4, 0.5) is 36.4 Å².